The second kappa shape index (κ2) is 20.7. The van der Waals surface area contributed by atoms with Crippen molar-refractivity contribution in [1.29, 1.82) is 0 Å². The number of carbonyl (C=O) groups excluding carboxylic acids is 3. The Labute approximate surface area is 328 Å². The van der Waals surface area contributed by atoms with Gasteiger partial charge in [0.05, 0.1) is 12.7 Å². The van der Waals surface area contributed by atoms with Crippen molar-refractivity contribution in [2.75, 3.05) is 79.7 Å². The van der Waals surface area contributed by atoms with Crippen LogP contribution in [0.15, 0.2) is 60.8 Å². The molecule has 15 heteroatoms. The number of aromatic nitrogens is 3. The molecule has 0 aliphatic rings. The van der Waals surface area contributed by atoms with Crippen molar-refractivity contribution in [2.45, 2.75) is 45.8 Å². The highest BCUT2D eigenvalue weighted by molar-refractivity contribution is 6.23. The Kier molecular flexibility index (Phi) is 15.6. The Morgan fingerprint density at radius 2 is 1.27 bits per heavy atom. The van der Waals surface area contributed by atoms with E-state index in [4.69, 9.17) is 25.7 Å². The van der Waals surface area contributed by atoms with E-state index < -0.39 is 23.6 Å². The molecular formula is C41H57N9O6. The lowest BCUT2D eigenvalue weighted by atomic mass is 9.92. The average molecular weight is 772 g/mol. The molecule has 0 unspecified atom stereocenters. The van der Waals surface area contributed by atoms with Gasteiger partial charge in [-0.2, -0.15) is 0 Å². The van der Waals surface area contributed by atoms with Crippen molar-refractivity contribution in [3.63, 3.8) is 0 Å². The van der Waals surface area contributed by atoms with Crippen molar-refractivity contribution < 1.29 is 28.6 Å². The summed E-state index contributed by atoms with van der Waals surface area (Å²) in [6.07, 6.45) is 3.57. The Hall–Kier alpha value is -5.09. The van der Waals surface area contributed by atoms with Gasteiger partial charge in [0.1, 0.15) is 30.9 Å². The fourth-order valence-electron chi connectivity index (χ4n) is 6.64. The van der Waals surface area contributed by atoms with Gasteiger partial charge in [-0.1, -0.05) is 59.8 Å². The molecule has 5 aromatic rings. The monoisotopic (exact) mass is 771 g/mol. The Balaban J connectivity index is 1.17. The van der Waals surface area contributed by atoms with E-state index in [1.54, 1.807) is 10.9 Å². The molecule has 0 saturated heterocycles. The molecule has 5 rings (SSSR count). The number of nitrogens with zero attached hydrogens (tertiary/aromatic N) is 5. The van der Waals surface area contributed by atoms with Crippen LogP contribution in [-0.2, 0) is 32.2 Å². The van der Waals surface area contributed by atoms with Crippen LogP contribution in [0.4, 0.5) is 9.59 Å². The highest BCUT2D eigenvalue weighted by Gasteiger charge is 2.39. The molecule has 0 aliphatic heterocycles. The van der Waals surface area contributed by atoms with E-state index in [0.29, 0.717) is 51.3 Å². The molecule has 4 aromatic carbocycles. The van der Waals surface area contributed by atoms with Crippen molar-refractivity contribution in [1.82, 2.24) is 35.4 Å². The first-order chi connectivity index (χ1) is 27.1. The molecule has 0 fully saturated rings. The predicted octanol–water partition coefficient (Wildman–Crippen LogP) is 4.07. The summed E-state index contributed by atoms with van der Waals surface area (Å²) in [6.45, 7) is 6.37. The zero-order valence-corrected chi connectivity index (χ0v) is 32.9. The molecule has 6 N–H and O–H groups in total. The first-order valence-corrected chi connectivity index (χ1v) is 19.4. The number of carbonyl (C=O) groups is 3. The summed E-state index contributed by atoms with van der Waals surface area (Å²) in [4.78, 5) is 43.1. The minimum Gasteiger partial charge on any atom is -0.458 e. The number of ether oxygens (including phenoxy) is 3. The molecule has 0 atom stereocenters. The second-order valence-electron chi connectivity index (χ2n) is 14.7. The molecule has 0 saturated carbocycles. The normalized spacial score (nSPS) is 11.9. The number of hydrogen-bond acceptors (Lipinski definition) is 12. The van der Waals surface area contributed by atoms with E-state index in [2.05, 4.69) is 85.3 Å². The van der Waals surface area contributed by atoms with Gasteiger partial charge in [0.15, 0.2) is 0 Å². The third-order valence-electron chi connectivity index (χ3n) is 9.88. The van der Waals surface area contributed by atoms with Crippen molar-refractivity contribution in [3.8, 4) is 0 Å². The Bertz CT molecular complexity index is 1970. The number of benzene rings is 4. The summed E-state index contributed by atoms with van der Waals surface area (Å²) in [5, 5.41) is 21.1. The van der Waals surface area contributed by atoms with Crippen LogP contribution in [0.5, 0.6) is 0 Å². The molecule has 0 radical (unpaired) electrons. The SMILES string of the molecule is CN(CCCN)CCCNC(=O)OCC(C)(COC(=O)NCCCN(C)CCCN)C(=O)OCc1cn(Cc2ccc3ccc4cccc5ccc2c3c45)nn1. The zero-order valence-electron chi connectivity index (χ0n) is 32.9. The summed E-state index contributed by atoms with van der Waals surface area (Å²) in [5.74, 6) is -0.720. The van der Waals surface area contributed by atoms with Gasteiger partial charge in [0.2, 0.25) is 0 Å². The van der Waals surface area contributed by atoms with Gasteiger partial charge in [-0.3, -0.25) is 4.79 Å². The average Bonchev–Trinajstić information content (AvgIpc) is 3.66. The second-order valence-corrected chi connectivity index (χ2v) is 14.7. The van der Waals surface area contributed by atoms with Crippen LogP contribution >= 0.6 is 0 Å². The van der Waals surface area contributed by atoms with Crippen LogP contribution in [-0.4, -0.2) is 123 Å². The lowest BCUT2D eigenvalue weighted by molar-refractivity contribution is -0.161. The van der Waals surface area contributed by atoms with Crippen molar-refractivity contribution in [2.24, 2.45) is 16.9 Å². The third-order valence-corrected chi connectivity index (χ3v) is 9.88. The summed E-state index contributed by atoms with van der Waals surface area (Å²) in [7, 11) is 4.00. The van der Waals surface area contributed by atoms with E-state index >= 15 is 0 Å². The standard InChI is InChI=1S/C41H57N9O6/c1-41(28-55-39(52)44-19-7-23-48(2)21-5-17-42,29-56-40(53)45-20-8-24-49(3)22-6-18-43)38(51)54-27-34-26-50(47-46-34)25-33-14-13-32-12-11-30-9-4-10-31-15-16-35(33)37(32)36(30)31/h4,9-16,26H,5-8,17-25,27-29,42-43H2,1-3H3,(H,44,52)(H,45,53). The summed E-state index contributed by atoms with van der Waals surface area (Å²) in [5.41, 5.74) is 11.2. The van der Waals surface area contributed by atoms with E-state index in [-0.39, 0.29) is 19.8 Å². The molecule has 1 aromatic heterocycles. The lowest BCUT2D eigenvalue weighted by Gasteiger charge is -2.26. The van der Waals surface area contributed by atoms with Crippen LogP contribution in [0.2, 0.25) is 0 Å². The Morgan fingerprint density at radius 1 is 0.732 bits per heavy atom. The molecule has 15 nitrogen and oxygen atoms in total. The van der Waals surface area contributed by atoms with Gasteiger partial charge in [-0.15, -0.1) is 5.10 Å². The summed E-state index contributed by atoms with van der Waals surface area (Å²) < 4.78 is 18.3. The molecule has 0 aliphatic carbocycles. The maximum Gasteiger partial charge on any atom is 0.407 e. The van der Waals surface area contributed by atoms with Crippen LogP contribution in [0.3, 0.4) is 0 Å². The van der Waals surface area contributed by atoms with Gasteiger partial charge in [0, 0.05) is 13.1 Å². The quantitative estimate of drug-likeness (QED) is 0.0323. The van der Waals surface area contributed by atoms with Crippen molar-refractivity contribution in [3.05, 3.63) is 72.1 Å². The number of hydrogen-bond donors (Lipinski definition) is 4. The maximum absolute atomic E-state index is 13.6. The van der Waals surface area contributed by atoms with Gasteiger partial charge in [-0.25, -0.2) is 14.3 Å². The van der Waals surface area contributed by atoms with Crippen molar-refractivity contribution >= 4 is 50.5 Å². The topological polar surface area (TPSA) is 192 Å². The van der Waals surface area contributed by atoms with E-state index in [1.807, 2.05) is 14.1 Å². The first kappa shape index (κ1) is 42.1. The maximum atomic E-state index is 13.6. The number of nitrogens with one attached hydrogen (secondary N) is 2. The number of alkyl carbamates (subject to hydrolysis) is 2. The van der Waals surface area contributed by atoms with Gasteiger partial charge >= 0.3 is 18.2 Å². The Morgan fingerprint density at radius 3 is 1.86 bits per heavy atom. The molecule has 0 bridgehead atoms. The molecule has 0 spiro atoms. The fourth-order valence-corrected chi connectivity index (χ4v) is 6.64. The zero-order chi connectivity index (χ0) is 39.9. The van der Waals surface area contributed by atoms with Gasteiger partial charge in [-0.05, 0) is 124 Å². The molecular weight excluding hydrogens is 715 g/mol. The van der Waals surface area contributed by atoms with E-state index in [1.165, 1.54) is 33.9 Å². The number of nitrogens with two attached hydrogens (primary N) is 2. The van der Waals surface area contributed by atoms with E-state index in [0.717, 1.165) is 50.0 Å². The summed E-state index contributed by atoms with van der Waals surface area (Å²) >= 11 is 0. The highest BCUT2D eigenvalue weighted by atomic mass is 16.6. The minimum absolute atomic E-state index is 0.180. The van der Waals surface area contributed by atoms with Crippen LogP contribution in [0.25, 0.3) is 32.3 Å². The van der Waals surface area contributed by atoms with Crippen LogP contribution in [0, 0.1) is 5.41 Å². The first-order valence-electron chi connectivity index (χ1n) is 19.4. The highest BCUT2D eigenvalue weighted by Crippen LogP contribution is 2.36. The third kappa shape index (κ3) is 11.7. The van der Waals surface area contributed by atoms with Crippen LogP contribution < -0.4 is 22.1 Å². The van der Waals surface area contributed by atoms with Gasteiger partial charge < -0.3 is 46.1 Å². The van der Waals surface area contributed by atoms with Crippen LogP contribution in [0.1, 0.15) is 43.9 Å². The molecule has 1 heterocycles. The molecule has 2 amide bonds. The summed E-state index contributed by atoms with van der Waals surface area (Å²) in [6, 6.07) is 19.2. The lowest BCUT2D eigenvalue weighted by Crippen LogP contribution is -2.43. The predicted molar refractivity (Wildman–Crippen MR) is 217 cm³/mol. The minimum atomic E-state index is -1.50. The number of rotatable bonds is 23. The van der Waals surface area contributed by atoms with Gasteiger partial charge in [0.25, 0.3) is 0 Å². The molecule has 302 valence electrons. The largest absolute Gasteiger partial charge is 0.458 e. The number of amides is 2. The van der Waals surface area contributed by atoms with E-state index in [9.17, 15) is 14.4 Å². The number of esters is 1. The molecule has 56 heavy (non-hydrogen) atoms. The fraction of sp³-hybridized carbons (Fsp3) is 0.488. The smallest absolute Gasteiger partial charge is 0.407 e.